The van der Waals surface area contributed by atoms with Crippen molar-refractivity contribution in [2.24, 2.45) is 5.92 Å². The van der Waals surface area contributed by atoms with Crippen LogP contribution in [0.25, 0.3) is 15.9 Å². The SMILES string of the molecule is Cc1ccc(Oc2ccc3nnc(Sc4ccc5nc(NC(=O)C6CC6)sc5c4)n3n2)cc1F. The van der Waals surface area contributed by atoms with Gasteiger partial charge in [0.25, 0.3) is 0 Å². The van der Waals surface area contributed by atoms with E-state index in [2.05, 4.69) is 25.6 Å². The number of benzene rings is 2. The lowest BCUT2D eigenvalue weighted by Gasteiger charge is -2.06. The summed E-state index contributed by atoms with van der Waals surface area (Å²) in [5.41, 5.74) is 1.93. The van der Waals surface area contributed by atoms with Crippen molar-refractivity contribution in [3.63, 3.8) is 0 Å². The van der Waals surface area contributed by atoms with Crippen molar-refractivity contribution in [2.75, 3.05) is 5.32 Å². The molecule has 0 aliphatic heterocycles. The van der Waals surface area contributed by atoms with Crippen molar-refractivity contribution in [1.29, 1.82) is 0 Å². The topological polar surface area (TPSA) is 94.3 Å². The van der Waals surface area contributed by atoms with Gasteiger partial charge >= 0.3 is 0 Å². The molecule has 0 bridgehead atoms. The highest BCUT2D eigenvalue weighted by Crippen LogP contribution is 2.35. The van der Waals surface area contributed by atoms with E-state index in [4.69, 9.17) is 4.74 Å². The zero-order valence-corrected chi connectivity index (χ0v) is 19.5. The van der Waals surface area contributed by atoms with Crippen LogP contribution in [0.2, 0.25) is 0 Å². The molecule has 11 heteroatoms. The average molecular weight is 493 g/mol. The number of hydrogen-bond acceptors (Lipinski definition) is 8. The highest BCUT2D eigenvalue weighted by molar-refractivity contribution is 7.99. The maximum Gasteiger partial charge on any atom is 0.237 e. The molecule has 0 unspecified atom stereocenters. The normalized spacial score (nSPS) is 13.5. The summed E-state index contributed by atoms with van der Waals surface area (Å²) < 4.78 is 22.1. The molecule has 5 aromatic rings. The number of halogens is 1. The summed E-state index contributed by atoms with van der Waals surface area (Å²) in [6, 6.07) is 13.9. The van der Waals surface area contributed by atoms with E-state index in [1.54, 1.807) is 35.7 Å². The molecule has 1 aliphatic carbocycles. The molecule has 1 fully saturated rings. The molecule has 1 aliphatic rings. The molecule has 6 rings (SSSR count). The molecule has 3 heterocycles. The Kier molecular flexibility index (Phi) is 5.15. The van der Waals surface area contributed by atoms with Crippen LogP contribution in [0.15, 0.2) is 58.6 Å². The monoisotopic (exact) mass is 492 g/mol. The molecule has 170 valence electrons. The number of carbonyl (C=O) groups is 1. The summed E-state index contributed by atoms with van der Waals surface area (Å²) in [5, 5.41) is 16.9. The summed E-state index contributed by atoms with van der Waals surface area (Å²) in [5.74, 6) is 0.489. The smallest absolute Gasteiger partial charge is 0.237 e. The first kappa shape index (κ1) is 21.0. The predicted molar refractivity (Wildman–Crippen MR) is 127 cm³/mol. The zero-order valence-electron chi connectivity index (χ0n) is 17.9. The van der Waals surface area contributed by atoms with Crippen LogP contribution >= 0.6 is 23.1 Å². The number of carbonyl (C=O) groups excluding carboxylic acids is 1. The van der Waals surface area contributed by atoms with Crippen LogP contribution in [0.1, 0.15) is 18.4 Å². The van der Waals surface area contributed by atoms with Crippen LogP contribution in [0.3, 0.4) is 0 Å². The fourth-order valence-electron chi connectivity index (χ4n) is 3.31. The second-order valence-electron chi connectivity index (χ2n) is 7.95. The number of nitrogens with zero attached hydrogens (tertiary/aromatic N) is 5. The number of rotatable bonds is 6. The Bertz CT molecular complexity index is 1560. The third-order valence-electron chi connectivity index (χ3n) is 5.32. The molecule has 1 N–H and O–H groups in total. The van der Waals surface area contributed by atoms with E-state index < -0.39 is 0 Å². The van der Waals surface area contributed by atoms with Gasteiger partial charge in [0.1, 0.15) is 11.6 Å². The van der Waals surface area contributed by atoms with Crippen LogP contribution in [-0.2, 0) is 4.79 Å². The number of aromatic nitrogens is 5. The number of nitrogens with one attached hydrogen (secondary N) is 1. The van der Waals surface area contributed by atoms with Gasteiger partial charge in [-0.1, -0.05) is 17.4 Å². The van der Waals surface area contributed by atoms with Crippen molar-refractivity contribution < 1.29 is 13.9 Å². The number of aryl methyl sites for hydroxylation is 1. The van der Waals surface area contributed by atoms with Crippen LogP contribution in [0.4, 0.5) is 9.52 Å². The minimum absolute atomic E-state index is 0.0426. The highest BCUT2D eigenvalue weighted by Gasteiger charge is 2.30. The van der Waals surface area contributed by atoms with Crippen LogP contribution in [0.5, 0.6) is 11.6 Å². The van der Waals surface area contributed by atoms with Gasteiger partial charge < -0.3 is 10.1 Å². The van der Waals surface area contributed by atoms with Gasteiger partial charge in [0.05, 0.1) is 10.2 Å². The van der Waals surface area contributed by atoms with Gasteiger partial charge in [0.15, 0.2) is 10.8 Å². The molecule has 1 amide bonds. The standard InChI is InChI=1S/C23H17FN6O2S2/c1-12-2-5-14(10-16(12)24)32-20-9-8-19-27-28-23(30(19)29-20)33-15-6-7-17-18(11-15)34-22(25-17)26-21(31)13-3-4-13/h2,5-11,13H,3-4H2,1H3,(H,25,26,31). The molecule has 0 atom stereocenters. The summed E-state index contributed by atoms with van der Waals surface area (Å²) in [7, 11) is 0. The van der Waals surface area contributed by atoms with E-state index in [0.717, 1.165) is 28.0 Å². The maximum absolute atomic E-state index is 13.9. The number of anilines is 1. The molecular weight excluding hydrogens is 475 g/mol. The molecule has 2 aromatic carbocycles. The number of amides is 1. The third-order valence-corrected chi connectivity index (χ3v) is 7.18. The zero-order chi connectivity index (χ0) is 23.2. The second-order valence-corrected chi connectivity index (χ2v) is 10.0. The molecule has 0 saturated heterocycles. The fraction of sp³-hybridized carbons (Fsp3) is 0.174. The molecule has 0 radical (unpaired) electrons. The van der Waals surface area contributed by atoms with E-state index in [-0.39, 0.29) is 17.6 Å². The largest absolute Gasteiger partial charge is 0.437 e. The Morgan fingerprint density at radius 3 is 2.88 bits per heavy atom. The molecule has 8 nitrogen and oxygen atoms in total. The van der Waals surface area contributed by atoms with Crippen molar-refractivity contribution in [3.8, 4) is 11.6 Å². The Morgan fingerprint density at radius 1 is 1.18 bits per heavy atom. The summed E-state index contributed by atoms with van der Waals surface area (Å²) in [4.78, 5) is 17.5. The summed E-state index contributed by atoms with van der Waals surface area (Å²) >= 11 is 2.84. The second kappa shape index (κ2) is 8.33. The lowest BCUT2D eigenvalue weighted by molar-refractivity contribution is -0.117. The molecule has 1 saturated carbocycles. The molecule has 0 spiro atoms. The first-order valence-electron chi connectivity index (χ1n) is 10.6. The summed E-state index contributed by atoms with van der Waals surface area (Å²) in [6.07, 6.45) is 1.90. The molecular formula is C23H17FN6O2S2. The average Bonchev–Trinajstić information content (AvgIpc) is 3.50. The Balaban J connectivity index is 1.24. The highest BCUT2D eigenvalue weighted by atomic mass is 32.2. The number of fused-ring (bicyclic) bond motifs is 2. The van der Waals surface area contributed by atoms with Gasteiger partial charge in [-0.3, -0.25) is 4.79 Å². The van der Waals surface area contributed by atoms with Crippen LogP contribution < -0.4 is 10.1 Å². The van der Waals surface area contributed by atoms with Crippen LogP contribution in [-0.4, -0.2) is 30.7 Å². The van der Waals surface area contributed by atoms with Crippen molar-refractivity contribution in [3.05, 3.63) is 59.9 Å². The van der Waals surface area contributed by atoms with Crippen molar-refractivity contribution in [2.45, 2.75) is 29.8 Å². The number of thiazole rings is 1. The van der Waals surface area contributed by atoms with Crippen molar-refractivity contribution in [1.82, 2.24) is 24.8 Å². The first-order chi connectivity index (χ1) is 16.5. The predicted octanol–water partition coefficient (Wildman–Crippen LogP) is 5.47. The van der Waals surface area contributed by atoms with E-state index in [1.165, 1.54) is 29.2 Å². The van der Waals surface area contributed by atoms with E-state index >= 15 is 0 Å². The van der Waals surface area contributed by atoms with E-state index in [9.17, 15) is 9.18 Å². The lowest BCUT2D eigenvalue weighted by atomic mass is 10.2. The number of hydrogen-bond donors (Lipinski definition) is 1. The van der Waals surface area contributed by atoms with E-state index in [0.29, 0.717) is 33.1 Å². The van der Waals surface area contributed by atoms with Gasteiger partial charge in [0.2, 0.25) is 16.9 Å². The molecule has 34 heavy (non-hydrogen) atoms. The minimum atomic E-state index is -0.340. The van der Waals surface area contributed by atoms with Gasteiger partial charge in [-0.2, -0.15) is 4.52 Å². The Morgan fingerprint density at radius 2 is 2.06 bits per heavy atom. The lowest BCUT2D eigenvalue weighted by Crippen LogP contribution is -2.12. The Labute approximate surface area is 201 Å². The molecule has 3 aromatic heterocycles. The van der Waals surface area contributed by atoms with Gasteiger partial charge in [-0.05, 0) is 67.4 Å². The van der Waals surface area contributed by atoms with Crippen molar-refractivity contribution >= 4 is 50.0 Å². The quantitative estimate of drug-likeness (QED) is 0.336. The minimum Gasteiger partial charge on any atom is -0.437 e. The first-order valence-corrected chi connectivity index (χ1v) is 12.2. The maximum atomic E-state index is 13.9. The summed E-state index contributed by atoms with van der Waals surface area (Å²) in [6.45, 7) is 1.69. The third kappa shape index (κ3) is 4.19. The van der Waals surface area contributed by atoms with Gasteiger partial charge in [-0.25, -0.2) is 9.37 Å². The van der Waals surface area contributed by atoms with Gasteiger partial charge in [0, 0.05) is 22.9 Å². The number of ether oxygens (including phenoxy) is 1. The Hall–Kier alpha value is -3.57. The fourth-order valence-corrected chi connectivity index (χ4v) is 5.12. The van der Waals surface area contributed by atoms with E-state index in [1.807, 2.05) is 18.2 Å². The van der Waals surface area contributed by atoms with Gasteiger partial charge in [-0.15, -0.1) is 15.3 Å². The van der Waals surface area contributed by atoms with Crippen LogP contribution in [0, 0.1) is 18.7 Å².